The normalized spacial score (nSPS) is 14.4. The van der Waals surface area contributed by atoms with Gasteiger partial charge in [-0.1, -0.05) is 72.7 Å². The summed E-state index contributed by atoms with van der Waals surface area (Å²) in [6, 6.07) is 22.4. The third-order valence-corrected chi connectivity index (χ3v) is 7.87. The van der Waals surface area contributed by atoms with Gasteiger partial charge >= 0.3 is 0 Å². The monoisotopic (exact) mass is 542 g/mol. The van der Waals surface area contributed by atoms with Crippen LogP contribution in [-0.4, -0.2) is 27.1 Å². The third-order valence-electron chi connectivity index (χ3n) is 6.47. The predicted molar refractivity (Wildman–Crippen MR) is 150 cm³/mol. The maximum absolute atomic E-state index is 13.7. The molecule has 0 radical (unpaired) electrons. The molecule has 6 rings (SSSR count). The van der Waals surface area contributed by atoms with E-state index in [9.17, 15) is 9.59 Å². The number of halogens is 1. The van der Waals surface area contributed by atoms with E-state index in [0.29, 0.717) is 44.6 Å². The maximum atomic E-state index is 13.7. The summed E-state index contributed by atoms with van der Waals surface area (Å²) in [6.07, 6.45) is 2.07. The summed E-state index contributed by atoms with van der Waals surface area (Å²) >= 11 is 7.55. The molecular weight excluding hydrogens is 520 g/mol. The van der Waals surface area contributed by atoms with Crippen molar-refractivity contribution in [1.82, 2.24) is 14.6 Å². The zero-order valence-corrected chi connectivity index (χ0v) is 22.1. The van der Waals surface area contributed by atoms with Crippen LogP contribution in [0, 0.1) is 0 Å². The number of carbonyl (C=O) groups is 1. The van der Waals surface area contributed by atoms with E-state index in [1.807, 2.05) is 66.7 Å². The highest BCUT2D eigenvalue weighted by molar-refractivity contribution is 7.15. The highest BCUT2D eigenvalue weighted by Crippen LogP contribution is 2.37. The number of hydrogen-bond donors (Lipinski definition) is 0. The molecule has 3 heterocycles. The van der Waals surface area contributed by atoms with Gasteiger partial charge in [-0.3, -0.25) is 9.59 Å². The maximum Gasteiger partial charge on any atom is 0.291 e. The Kier molecular flexibility index (Phi) is 6.43. The van der Waals surface area contributed by atoms with Crippen molar-refractivity contribution in [2.75, 3.05) is 11.5 Å². The third kappa shape index (κ3) is 4.25. The fraction of sp³-hybridized carbons (Fsp3) is 0.172. The number of benzene rings is 3. The van der Waals surface area contributed by atoms with Gasteiger partial charge in [0, 0.05) is 16.1 Å². The van der Waals surface area contributed by atoms with Crippen LogP contribution in [-0.2, 0) is 11.3 Å². The van der Waals surface area contributed by atoms with E-state index in [1.165, 1.54) is 15.9 Å². The zero-order valence-electron chi connectivity index (χ0n) is 20.6. The smallest absolute Gasteiger partial charge is 0.291 e. The Morgan fingerprint density at radius 2 is 1.74 bits per heavy atom. The Morgan fingerprint density at radius 3 is 2.50 bits per heavy atom. The standard InChI is InChI=1S/C29H23ClN4O3S/c1-2-3-16-37-20-14-12-18(13-15-20)26-31-29-34(32-26)28(36)25(38-29)24-21-9-5-7-11-23(21)33(27(24)35)17-19-8-4-6-10-22(19)30/h4-15H,2-3,16-17H2,1H3/b25-24-. The van der Waals surface area contributed by atoms with Gasteiger partial charge in [0.2, 0.25) is 4.96 Å². The topological polar surface area (TPSA) is 76.8 Å². The minimum absolute atomic E-state index is 0.244. The fourth-order valence-corrected chi connectivity index (χ4v) is 5.69. The first-order valence-corrected chi connectivity index (χ1v) is 13.6. The van der Waals surface area contributed by atoms with Crippen LogP contribution in [0.5, 0.6) is 5.75 Å². The minimum atomic E-state index is -0.360. The molecule has 0 unspecified atom stereocenters. The summed E-state index contributed by atoms with van der Waals surface area (Å²) in [5, 5.41) is 5.05. The number of ether oxygens (including phenoxy) is 1. The van der Waals surface area contributed by atoms with E-state index in [0.717, 1.165) is 35.4 Å². The van der Waals surface area contributed by atoms with Crippen molar-refractivity contribution < 1.29 is 9.53 Å². The lowest BCUT2D eigenvalue weighted by molar-refractivity contribution is -0.113. The zero-order chi connectivity index (χ0) is 26.2. The Morgan fingerprint density at radius 1 is 0.974 bits per heavy atom. The molecule has 0 bridgehead atoms. The van der Waals surface area contributed by atoms with Crippen molar-refractivity contribution >= 4 is 45.1 Å². The van der Waals surface area contributed by atoms with Gasteiger partial charge in [-0.25, -0.2) is 0 Å². The molecular formula is C29H23ClN4O3S. The average Bonchev–Trinajstić information content (AvgIpc) is 3.57. The van der Waals surface area contributed by atoms with Gasteiger partial charge in [0.25, 0.3) is 11.5 Å². The van der Waals surface area contributed by atoms with E-state index in [4.69, 9.17) is 16.3 Å². The number of thiazole rings is 1. The number of carbonyl (C=O) groups excluding carboxylic acids is 1. The van der Waals surface area contributed by atoms with E-state index in [1.54, 1.807) is 11.0 Å². The highest BCUT2D eigenvalue weighted by atomic mass is 35.5. The molecule has 190 valence electrons. The summed E-state index contributed by atoms with van der Waals surface area (Å²) in [7, 11) is 0. The van der Waals surface area contributed by atoms with Crippen molar-refractivity contribution in [3.05, 3.63) is 104 Å². The van der Waals surface area contributed by atoms with Crippen LogP contribution in [0.15, 0.2) is 77.6 Å². The van der Waals surface area contributed by atoms with Gasteiger partial charge < -0.3 is 9.64 Å². The van der Waals surface area contributed by atoms with Crippen LogP contribution in [0.2, 0.25) is 5.02 Å². The van der Waals surface area contributed by atoms with Crippen molar-refractivity contribution in [1.29, 1.82) is 0 Å². The number of fused-ring (bicyclic) bond motifs is 2. The first kappa shape index (κ1) is 24.3. The molecule has 2 aromatic heterocycles. The van der Waals surface area contributed by atoms with Crippen LogP contribution in [0.1, 0.15) is 30.9 Å². The molecule has 3 aromatic carbocycles. The van der Waals surface area contributed by atoms with Gasteiger partial charge in [0.05, 0.1) is 24.4 Å². The number of para-hydroxylation sites is 1. The molecule has 1 aliphatic heterocycles. The van der Waals surface area contributed by atoms with Crippen molar-refractivity contribution in [3.8, 4) is 17.1 Å². The van der Waals surface area contributed by atoms with E-state index >= 15 is 0 Å². The Labute approximate surface area is 227 Å². The molecule has 0 saturated carbocycles. The molecule has 0 fully saturated rings. The molecule has 1 aliphatic rings. The fourth-order valence-electron chi connectivity index (χ4n) is 4.50. The number of amides is 1. The molecule has 5 aromatic rings. The highest BCUT2D eigenvalue weighted by Gasteiger charge is 2.34. The number of unbranched alkanes of at least 4 members (excludes halogenated alkanes) is 1. The van der Waals surface area contributed by atoms with Crippen LogP contribution >= 0.6 is 22.9 Å². The van der Waals surface area contributed by atoms with Crippen LogP contribution in [0.3, 0.4) is 0 Å². The van der Waals surface area contributed by atoms with Gasteiger partial charge in [0.1, 0.15) is 10.3 Å². The molecule has 0 saturated heterocycles. The lowest BCUT2D eigenvalue weighted by atomic mass is 10.1. The summed E-state index contributed by atoms with van der Waals surface area (Å²) in [6.45, 7) is 3.10. The van der Waals surface area contributed by atoms with Crippen molar-refractivity contribution in [2.24, 2.45) is 0 Å². The van der Waals surface area contributed by atoms with Gasteiger partial charge in [0.15, 0.2) is 5.82 Å². The summed E-state index contributed by atoms with van der Waals surface area (Å²) in [5.74, 6) is 0.987. The van der Waals surface area contributed by atoms with Crippen molar-refractivity contribution in [3.63, 3.8) is 0 Å². The Balaban J connectivity index is 1.38. The molecule has 0 atom stereocenters. The number of nitrogens with zero attached hydrogens (tertiary/aromatic N) is 4. The lowest BCUT2D eigenvalue weighted by Crippen LogP contribution is -2.32. The first-order chi connectivity index (χ1) is 18.5. The molecule has 9 heteroatoms. The van der Waals surface area contributed by atoms with Gasteiger partial charge in [-0.2, -0.15) is 9.50 Å². The molecule has 0 aliphatic carbocycles. The minimum Gasteiger partial charge on any atom is -0.494 e. The number of rotatable bonds is 7. The molecule has 0 N–H and O–H groups in total. The summed E-state index contributed by atoms with van der Waals surface area (Å²) < 4.78 is 7.33. The molecule has 38 heavy (non-hydrogen) atoms. The van der Waals surface area contributed by atoms with Crippen LogP contribution < -0.4 is 19.7 Å². The Hall–Kier alpha value is -4.01. The number of anilines is 1. The van der Waals surface area contributed by atoms with Gasteiger partial charge in [-0.15, -0.1) is 5.10 Å². The largest absolute Gasteiger partial charge is 0.494 e. The second-order valence-electron chi connectivity index (χ2n) is 8.97. The molecule has 0 spiro atoms. The number of hydrogen-bond acceptors (Lipinski definition) is 6. The molecule has 7 nitrogen and oxygen atoms in total. The lowest BCUT2D eigenvalue weighted by Gasteiger charge is -2.17. The second kappa shape index (κ2) is 10.0. The van der Waals surface area contributed by atoms with Crippen molar-refractivity contribution in [2.45, 2.75) is 26.3 Å². The number of aromatic nitrogens is 3. The first-order valence-electron chi connectivity index (χ1n) is 12.4. The van der Waals surface area contributed by atoms with Gasteiger partial charge in [-0.05, 0) is 48.4 Å². The Bertz CT molecular complexity index is 1780. The second-order valence-corrected chi connectivity index (χ2v) is 10.4. The predicted octanol–water partition coefficient (Wildman–Crippen LogP) is 5.12. The average molecular weight is 543 g/mol. The summed E-state index contributed by atoms with van der Waals surface area (Å²) in [4.78, 5) is 33.9. The quantitative estimate of drug-likeness (QED) is 0.267. The van der Waals surface area contributed by atoms with E-state index in [2.05, 4.69) is 17.0 Å². The van der Waals surface area contributed by atoms with Crippen LogP contribution in [0.25, 0.3) is 21.9 Å². The summed E-state index contributed by atoms with van der Waals surface area (Å²) in [5.41, 5.74) is 3.07. The van der Waals surface area contributed by atoms with E-state index in [-0.39, 0.29) is 11.5 Å². The van der Waals surface area contributed by atoms with Crippen LogP contribution in [0.4, 0.5) is 5.69 Å². The van der Waals surface area contributed by atoms with E-state index < -0.39 is 0 Å². The molecule has 1 amide bonds. The SMILES string of the molecule is CCCCOc1ccc(-c2nc3s/c(=C4\C(=O)N(Cc5ccccc5Cl)c5ccccc54)c(=O)n3n2)cc1.